The molecule has 9 heteroatoms. The van der Waals surface area contributed by atoms with E-state index in [0.29, 0.717) is 34.8 Å². The van der Waals surface area contributed by atoms with Gasteiger partial charge in [-0.1, -0.05) is 19.0 Å². The van der Waals surface area contributed by atoms with Gasteiger partial charge in [0.25, 0.3) is 5.91 Å². The number of rotatable bonds is 6. The van der Waals surface area contributed by atoms with Gasteiger partial charge in [0.05, 0.1) is 4.88 Å². The third-order valence-corrected chi connectivity index (χ3v) is 4.34. The summed E-state index contributed by atoms with van der Waals surface area (Å²) in [5.41, 5.74) is 0. The highest BCUT2D eigenvalue weighted by atomic mass is 32.1. The fraction of sp³-hybridized carbons (Fsp3) is 0.400. The van der Waals surface area contributed by atoms with Gasteiger partial charge in [-0.3, -0.25) is 9.89 Å². The van der Waals surface area contributed by atoms with Gasteiger partial charge >= 0.3 is 0 Å². The van der Waals surface area contributed by atoms with E-state index in [2.05, 4.69) is 44.5 Å². The number of hydrogen-bond acceptors (Lipinski definition) is 7. The zero-order valence-electron chi connectivity index (χ0n) is 13.6. The maximum absolute atomic E-state index is 12.4. The second-order valence-electron chi connectivity index (χ2n) is 5.86. The Hall–Kier alpha value is -2.55. The van der Waals surface area contributed by atoms with E-state index in [1.54, 1.807) is 0 Å². The number of hydrogen-bond donors (Lipinski definition) is 2. The number of nitrogens with one attached hydrogen (secondary N) is 2. The molecule has 0 bridgehead atoms. The summed E-state index contributed by atoms with van der Waals surface area (Å²) < 4.78 is 5.33. The summed E-state index contributed by atoms with van der Waals surface area (Å²) >= 11 is 1.45. The molecular formula is C15H18N6O2S. The molecular weight excluding hydrogens is 328 g/mol. The second kappa shape index (κ2) is 6.91. The van der Waals surface area contributed by atoms with Gasteiger partial charge in [-0.25, -0.2) is 4.98 Å². The van der Waals surface area contributed by atoms with Crippen LogP contribution in [0.15, 0.2) is 23.0 Å². The first-order valence-corrected chi connectivity index (χ1v) is 8.41. The predicted octanol–water partition coefficient (Wildman–Crippen LogP) is 2.74. The van der Waals surface area contributed by atoms with Crippen molar-refractivity contribution in [2.45, 2.75) is 33.2 Å². The van der Waals surface area contributed by atoms with E-state index in [-0.39, 0.29) is 11.9 Å². The zero-order chi connectivity index (χ0) is 17.1. The van der Waals surface area contributed by atoms with E-state index in [9.17, 15) is 4.79 Å². The van der Waals surface area contributed by atoms with E-state index >= 15 is 0 Å². The Balaban J connectivity index is 1.80. The smallest absolute Gasteiger partial charge is 0.262 e. The van der Waals surface area contributed by atoms with Gasteiger partial charge in [-0.15, -0.1) is 11.3 Å². The van der Waals surface area contributed by atoms with Crippen molar-refractivity contribution in [1.82, 2.24) is 30.6 Å². The summed E-state index contributed by atoms with van der Waals surface area (Å²) in [5, 5.41) is 13.3. The standard InChI is InChI=1S/C15H18N6O2S/c1-8(2)6-10(18-14(22)11-5-4-9(3)24-11)15-19-13(21-23-15)12-16-7-17-20-12/h4-5,7-8,10H,6H2,1-3H3,(H,18,22)(H,16,17,20)/t10-/m0/s1. The molecule has 0 radical (unpaired) electrons. The lowest BCUT2D eigenvalue weighted by Crippen LogP contribution is -2.29. The molecule has 2 N–H and O–H groups in total. The molecule has 3 aromatic rings. The highest BCUT2D eigenvalue weighted by Crippen LogP contribution is 2.23. The summed E-state index contributed by atoms with van der Waals surface area (Å²) in [6.07, 6.45) is 2.06. The first-order valence-electron chi connectivity index (χ1n) is 7.59. The van der Waals surface area contributed by atoms with Crippen LogP contribution in [-0.4, -0.2) is 31.2 Å². The van der Waals surface area contributed by atoms with Crippen LogP contribution in [0.25, 0.3) is 11.6 Å². The lowest BCUT2D eigenvalue weighted by molar-refractivity contribution is 0.0926. The number of aromatic nitrogens is 5. The molecule has 8 nitrogen and oxygen atoms in total. The van der Waals surface area contributed by atoms with Gasteiger partial charge in [-0.2, -0.15) is 10.1 Å². The minimum Gasteiger partial charge on any atom is -0.340 e. The van der Waals surface area contributed by atoms with E-state index < -0.39 is 0 Å². The molecule has 3 heterocycles. The number of H-pyrrole nitrogens is 1. The Morgan fingerprint density at radius 2 is 2.25 bits per heavy atom. The minimum atomic E-state index is -0.357. The number of amides is 1. The molecule has 0 saturated heterocycles. The van der Waals surface area contributed by atoms with Crippen molar-refractivity contribution in [3.05, 3.63) is 34.1 Å². The third-order valence-electron chi connectivity index (χ3n) is 3.34. The number of thiophene rings is 1. The predicted molar refractivity (Wildman–Crippen MR) is 88.4 cm³/mol. The molecule has 24 heavy (non-hydrogen) atoms. The van der Waals surface area contributed by atoms with Gasteiger partial charge in [0.2, 0.25) is 11.7 Å². The number of nitrogens with zero attached hydrogens (tertiary/aromatic N) is 4. The van der Waals surface area contributed by atoms with Crippen molar-refractivity contribution < 1.29 is 9.32 Å². The van der Waals surface area contributed by atoms with Gasteiger partial charge in [0, 0.05) is 4.88 Å². The Bertz CT molecular complexity index is 808. The molecule has 126 valence electrons. The average Bonchev–Trinajstić information content (AvgIpc) is 3.26. The molecule has 1 amide bonds. The Morgan fingerprint density at radius 3 is 2.88 bits per heavy atom. The number of aryl methyl sites for hydroxylation is 1. The summed E-state index contributed by atoms with van der Waals surface area (Å²) in [7, 11) is 0. The van der Waals surface area contributed by atoms with E-state index in [4.69, 9.17) is 4.52 Å². The molecule has 0 saturated carbocycles. The van der Waals surface area contributed by atoms with Crippen LogP contribution in [0.1, 0.15) is 46.7 Å². The lowest BCUT2D eigenvalue weighted by atomic mass is 10.0. The molecule has 1 atom stereocenters. The summed E-state index contributed by atoms with van der Waals surface area (Å²) in [5.74, 6) is 1.31. The summed E-state index contributed by atoms with van der Waals surface area (Å²) in [4.78, 5) is 22.5. The number of aromatic amines is 1. The third kappa shape index (κ3) is 3.67. The number of carbonyl (C=O) groups is 1. The van der Waals surface area contributed by atoms with E-state index in [0.717, 1.165) is 4.88 Å². The monoisotopic (exact) mass is 346 g/mol. The second-order valence-corrected chi connectivity index (χ2v) is 7.14. The molecule has 0 fully saturated rings. The molecule has 0 unspecified atom stereocenters. The molecule has 0 aliphatic carbocycles. The molecule has 0 aliphatic heterocycles. The SMILES string of the molecule is Cc1ccc(C(=O)N[C@@H](CC(C)C)c2nc(-c3ncn[nH]3)no2)s1. The van der Waals surface area contributed by atoms with Crippen LogP contribution in [0.2, 0.25) is 0 Å². The summed E-state index contributed by atoms with van der Waals surface area (Å²) in [6.45, 7) is 6.11. The van der Waals surface area contributed by atoms with Crippen LogP contribution in [0.4, 0.5) is 0 Å². The lowest BCUT2D eigenvalue weighted by Gasteiger charge is -2.16. The largest absolute Gasteiger partial charge is 0.340 e. The fourth-order valence-electron chi connectivity index (χ4n) is 2.26. The first kappa shape index (κ1) is 16.3. The van der Waals surface area contributed by atoms with Crippen LogP contribution < -0.4 is 5.32 Å². The van der Waals surface area contributed by atoms with Gasteiger partial charge < -0.3 is 9.84 Å². The van der Waals surface area contributed by atoms with E-state index in [1.807, 2.05) is 19.1 Å². The van der Waals surface area contributed by atoms with E-state index in [1.165, 1.54) is 17.7 Å². The van der Waals surface area contributed by atoms with Crippen molar-refractivity contribution in [3.8, 4) is 11.6 Å². The van der Waals surface area contributed by atoms with Gasteiger partial charge in [-0.05, 0) is 31.4 Å². The Kier molecular flexibility index (Phi) is 4.70. The van der Waals surface area contributed by atoms with Gasteiger partial charge in [0.1, 0.15) is 12.4 Å². The molecule has 0 aromatic carbocycles. The molecule has 0 aliphatic rings. The van der Waals surface area contributed by atoms with Crippen LogP contribution in [0.3, 0.4) is 0 Å². The van der Waals surface area contributed by atoms with Crippen molar-refractivity contribution in [2.75, 3.05) is 0 Å². The average molecular weight is 346 g/mol. The van der Waals surface area contributed by atoms with Crippen LogP contribution in [-0.2, 0) is 0 Å². The number of carbonyl (C=O) groups excluding carboxylic acids is 1. The van der Waals surface area contributed by atoms with Crippen molar-refractivity contribution in [1.29, 1.82) is 0 Å². The Morgan fingerprint density at radius 1 is 1.42 bits per heavy atom. The summed E-state index contributed by atoms with van der Waals surface area (Å²) in [6, 6.07) is 3.38. The highest BCUT2D eigenvalue weighted by Gasteiger charge is 2.24. The van der Waals surface area contributed by atoms with Crippen LogP contribution in [0, 0.1) is 12.8 Å². The topological polar surface area (TPSA) is 110 Å². The molecule has 0 spiro atoms. The molecule has 3 rings (SSSR count). The Labute approximate surface area is 142 Å². The van der Waals surface area contributed by atoms with Gasteiger partial charge in [0.15, 0.2) is 5.82 Å². The maximum atomic E-state index is 12.4. The van der Waals surface area contributed by atoms with Crippen molar-refractivity contribution in [2.24, 2.45) is 5.92 Å². The zero-order valence-corrected chi connectivity index (χ0v) is 14.4. The highest BCUT2D eigenvalue weighted by molar-refractivity contribution is 7.13. The van der Waals surface area contributed by atoms with Crippen LogP contribution in [0.5, 0.6) is 0 Å². The minimum absolute atomic E-state index is 0.141. The van der Waals surface area contributed by atoms with Crippen molar-refractivity contribution >= 4 is 17.2 Å². The maximum Gasteiger partial charge on any atom is 0.262 e. The fourth-order valence-corrected chi connectivity index (χ4v) is 3.04. The quantitative estimate of drug-likeness (QED) is 0.710. The first-order chi connectivity index (χ1) is 11.5. The van der Waals surface area contributed by atoms with Crippen LogP contribution >= 0.6 is 11.3 Å². The molecule has 3 aromatic heterocycles. The van der Waals surface area contributed by atoms with Crippen molar-refractivity contribution in [3.63, 3.8) is 0 Å². The normalized spacial score (nSPS) is 12.5.